The van der Waals surface area contributed by atoms with Crippen LogP contribution >= 0.6 is 0 Å². The zero-order valence-corrected chi connectivity index (χ0v) is 23.4. The van der Waals surface area contributed by atoms with Crippen molar-refractivity contribution < 1.29 is 14.3 Å². The number of benzene rings is 1. The van der Waals surface area contributed by atoms with Crippen molar-refractivity contribution >= 4 is 23.5 Å². The second-order valence-corrected chi connectivity index (χ2v) is 10.8. The standard InChI is InChI=1S/C30H43N3O3/c1-9-33-27(20(2)21(3)32-33)28(35-22(4)36-29(34)24-13-11-10-12-14-24)26(19-31-8)23-15-17-25(18-16-23)30(5,6)7/h15-19,22,24H,9-14H2,1-8H3/b28-26-,31-19-. The molecule has 0 amide bonds. The summed E-state index contributed by atoms with van der Waals surface area (Å²) in [5.41, 5.74) is 5.97. The van der Waals surface area contributed by atoms with Crippen molar-refractivity contribution in [2.45, 2.75) is 98.8 Å². The molecule has 1 aromatic heterocycles. The molecule has 1 aliphatic rings. The molecule has 1 saturated carbocycles. The summed E-state index contributed by atoms with van der Waals surface area (Å²) in [4.78, 5) is 17.2. The zero-order chi connectivity index (χ0) is 26.5. The van der Waals surface area contributed by atoms with Gasteiger partial charge in [0.1, 0.15) is 5.69 Å². The summed E-state index contributed by atoms with van der Waals surface area (Å²) in [7, 11) is 1.75. The van der Waals surface area contributed by atoms with Crippen LogP contribution in [-0.2, 0) is 26.2 Å². The van der Waals surface area contributed by atoms with Gasteiger partial charge in [0.05, 0.1) is 11.6 Å². The highest BCUT2D eigenvalue weighted by molar-refractivity contribution is 6.18. The number of aliphatic imine (C=N–C) groups is 1. The predicted octanol–water partition coefficient (Wildman–Crippen LogP) is 6.87. The van der Waals surface area contributed by atoms with E-state index in [4.69, 9.17) is 14.6 Å². The molecule has 196 valence electrons. The Morgan fingerprint density at radius 2 is 1.78 bits per heavy atom. The Morgan fingerprint density at radius 1 is 1.14 bits per heavy atom. The molecule has 36 heavy (non-hydrogen) atoms. The fourth-order valence-electron chi connectivity index (χ4n) is 4.77. The Hall–Kier alpha value is -2.89. The second kappa shape index (κ2) is 11.9. The van der Waals surface area contributed by atoms with E-state index in [2.05, 4.69) is 63.9 Å². The number of ether oxygens (including phenoxy) is 2. The Kier molecular flexibility index (Phi) is 9.15. The Balaban J connectivity index is 2.07. The van der Waals surface area contributed by atoms with E-state index < -0.39 is 6.29 Å². The summed E-state index contributed by atoms with van der Waals surface area (Å²) in [6.45, 7) is 15.2. The van der Waals surface area contributed by atoms with Crippen molar-refractivity contribution in [2.24, 2.45) is 10.9 Å². The Labute approximate surface area is 216 Å². The van der Waals surface area contributed by atoms with E-state index in [0.717, 1.165) is 53.8 Å². The molecule has 2 aromatic rings. The monoisotopic (exact) mass is 493 g/mol. The molecule has 1 aliphatic carbocycles. The lowest BCUT2D eigenvalue weighted by Gasteiger charge is -2.25. The molecule has 0 aliphatic heterocycles. The molecule has 1 unspecified atom stereocenters. The number of hydrogen-bond donors (Lipinski definition) is 0. The number of aromatic nitrogens is 2. The maximum Gasteiger partial charge on any atom is 0.311 e. The number of hydrogen-bond acceptors (Lipinski definition) is 5. The van der Waals surface area contributed by atoms with Crippen molar-refractivity contribution in [3.8, 4) is 0 Å². The van der Waals surface area contributed by atoms with Crippen LogP contribution in [0.2, 0.25) is 0 Å². The molecule has 3 rings (SSSR count). The van der Waals surface area contributed by atoms with Gasteiger partial charge in [0.15, 0.2) is 5.76 Å². The molecule has 0 bridgehead atoms. The third-order valence-corrected chi connectivity index (χ3v) is 7.01. The van der Waals surface area contributed by atoms with Gasteiger partial charge < -0.3 is 9.47 Å². The van der Waals surface area contributed by atoms with Crippen LogP contribution in [0.15, 0.2) is 29.3 Å². The molecule has 6 heteroatoms. The molecule has 0 spiro atoms. The van der Waals surface area contributed by atoms with Crippen LogP contribution in [0.4, 0.5) is 0 Å². The van der Waals surface area contributed by atoms with Gasteiger partial charge >= 0.3 is 5.97 Å². The summed E-state index contributed by atoms with van der Waals surface area (Å²) in [6, 6.07) is 8.51. The molecular formula is C30H43N3O3. The van der Waals surface area contributed by atoms with Crippen molar-refractivity contribution in [1.29, 1.82) is 0 Å². The first-order valence-corrected chi connectivity index (χ1v) is 13.3. The first kappa shape index (κ1) is 27.7. The fraction of sp³-hybridized carbons (Fsp3) is 0.567. The van der Waals surface area contributed by atoms with Crippen molar-refractivity contribution in [2.75, 3.05) is 7.05 Å². The molecule has 6 nitrogen and oxygen atoms in total. The van der Waals surface area contributed by atoms with Crippen LogP contribution in [0.5, 0.6) is 0 Å². The Morgan fingerprint density at radius 3 is 2.33 bits per heavy atom. The van der Waals surface area contributed by atoms with E-state index in [0.29, 0.717) is 12.3 Å². The minimum absolute atomic E-state index is 0.0380. The van der Waals surface area contributed by atoms with Crippen molar-refractivity contribution in [1.82, 2.24) is 9.78 Å². The van der Waals surface area contributed by atoms with Gasteiger partial charge in [-0.05, 0) is 50.2 Å². The number of carbonyl (C=O) groups is 1. The minimum Gasteiger partial charge on any atom is -0.452 e. The minimum atomic E-state index is -0.747. The van der Waals surface area contributed by atoms with Crippen LogP contribution < -0.4 is 0 Å². The predicted molar refractivity (Wildman–Crippen MR) is 147 cm³/mol. The number of allylic oxidation sites excluding steroid dienone is 1. The van der Waals surface area contributed by atoms with Gasteiger partial charge in [-0.25, -0.2) is 0 Å². The summed E-state index contributed by atoms with van der Waals surface area (Å²) in [5.74, 6) is 0.413. The highest BCUT2D eigenvalue weighted by Crippen LogP contribution is 2.33. The lowest BCUT2D eigenvalue weighted by Crippen LogP contribution is -2.26. The molecule has 1 fully saturated rings. The number of esters is 1. The summed E-state index contributed by atoms with van der Waals surface area (Å²) in [5, 5.41) is 4.72. The lowest BCUT2D eigenvalue weighted by atomic mass is 9.86. The molecular weight excluding hydrogens is 450 g/mol. The van der Waals surface area contributed by atoms with Gasteiger partial charge in [0, 0.05) is 37.9 Å². The van der Waals surface area contributed by atoms with Crippen LogP contribution in [-0.4, -0.2) is 35.3 Å². The topological polar surface area (TPSA) is 65.7 Å². The molecule has 0 radical (unpaired) electrons. The summed E-state index contributed by atoms with van der Waals surface area (Å²) < 4.78 is 14.3. The van der Waals surface area contributed by atoms with Gasteiger partial charge in [0.25, 0.3) is 0 Å². The van der Waals surface area contributed by atoms with Crippen molar-refractivity contribution in [3.05, 3.63) is 52.3 Å². The van der Waals surface area contributed by atoms with Gasteiger partial charge in [0.2, 0.25) is 6.29 Å². The van der Waals surface area contributed by atoms with E-state index in [9.17, 15) is 4.79 Å². The average molecular weight is 494 g/mol. The largest absolute Gasteiger partial charge is 0.452 e. The molecule has 1 atom stereocenters. The van der Waals surface area contributed by atoms with E-state index in [-0.39, 0.29) is 17.3 Å². The average Bonchev–Trinajstić information content (AvgIpc) is 3.14. The summed E-state index contributed by atoms with van der Waals surface area (Å²) >= 11 is 0. The highest BCUT2D eigenvalue weighted by Gasteiger charge is 2.27. The van der Waals surface area contributed by atoms with Crippen LogP contribution in [0, 0.1) is 19.8 Å². The van der Waals surface area contributed by atoms with E-state index in [1.54, 1.807) is 14.0 Å². The number of nitrogens with zero attached hydrogens (tertiary/aromatic N) is 3. The Bertz CT molecular complexity index is 1100. The first-order valence-electron chi connectivity index (χ1n) is 13.3. The fourth-order valence-corrected chi connectivity index (χ4v) is 4.77. The van der Waals surface area contributed by atoms with Gasteiger partial charge in [-0.1, -0.05) is 64.3 Å². The van der Waals surface area contributed by atoms with E-state index >= 15 is 0 Å². The maximum absolute atomic E-state index is 12.9. The zero-order valence-electron chi connectivity index (χ0n) is 23.4. The quantitative estimate of drug-likeness (QED) is 0.174. The summed E-state index contributed by atoms with van der Waals surface area (Å²) in [6.07, 6.45) is 6.20. The normalized spacial score (nSPS) is 16.7. The maximum atomic E-state index is 12.9. The number of rotatable bonds is 8. The molecule has 0 saturated heterocycles. The van der Waals surface area contributed by atoms with E-state index in [1.807, 2.05) is 17.8 Å². The second-order valence-electron chi connectivity index (χ2n) is 10.8. The van der Waals surface area contributed by atoms with Crippen molar-refractivity contribution in [3.63, 3.8) is 0 Å². The third kappa shape index (κ3) is 6.45. The molecule has 0 N–H and O–H groups in total. The van der Waals surface area contributed by atoms with Gasteiger partial charge in [-0.2, -0.15) is 5.10 Å². The van der Waals surface area contributed by atoms with Gasteiger partial charge in [-0.3, -0.25) is 14.5 Å². The SMILES string of the molecule is CCn1nc(C)c(C)c1/C(OC(C)OC(=O)C1CCCCC1)=C(\C=N/C)c1ccc(C(C)(C)C)cc1. The highest BCUT2D eigenvalue weighted by atomic mass is 16.7. The van der Waals surface area contributed by atoms with Crippen LogP contribution in [0.25, 0.3) is 11.3 Å². The van der Waals surface area contributed by atoms with Crippen LogP contribution in [0.1, 0.15) is 94.8 Å². The number of aryl methyl sites for hydroxylation is 2. The van der Waals surface area contributed by atoms with Gasteiger partial charge in [-0.15, -0.1) is 0 Å². The smallest absolute Gasteiger partial charge is 0.311 e. The lowest BCUT2D eigenvalue weighted by molar-refractivity contribution is -0.170. The molecule has 1 aromatic carbocycles. The first-order chi connectivity index (χ1) is 17.1. The van der Waals surface area contributed by atoms with Crippen LogP contribution in [0.3, 0.4) is 0 Å². The molecule has 1 heterocycles. The van der Waals surface area contributed by atoms with E-state index in [1.165, 1.54) is 12.0 Å². The number of carbonyl (C=O) groups excluding carboxylic acids is 1. The third-order valence-electron chi connectivity index (χ3n) is 7.01.